The van der Waals surface area contributed by atoms with Crippen molar-refractivity contribution in [1.82, 2.24) is 30.5 Å². The van der Waals surface area contributed by atoms with E-state index in [4.69, 9.17) is 0 Å². The minimum atomic E-state index is -0.142. The second-order valence-corrected chi connectivity index (χ2v) is 7.94. The first-order chi connectivity index (χ1) is 13.7. The number of likely N-dealkylation sites (tertiary alicyclic amines) is 1. The van der Waals surface area contributed by atoms with Gasteiger partial charge in [-0.1, -0.05) is 35.0 Å². The lowest BCUT2D eigenvalue weighted by Gasteiger charge is -2.28. The first kappa shape index (κ1) is 19.1. The number of benzene rings is 1. The van der Waals surface area contributed by atoms with Crippen LogP contribution in [0, 0.1) is 6.92 Å². The van der Waals surface area contributed by atoms with E-state index in [0.717, 1.165) is 39.0 Å². The Morgan fingerprint density at radius 1 is 1.21 bits per heavy atom. The molecule has 7 nitrogen and oxygen atoms in total. The predicted octanol–water partition coefficient (Wildman–Crippen LogP) is 2.08. The van der Waals surface area contributed by atoms with Crippen LogP contribution in [0.25, 0.3) is 0 Å². The highest BCUT2D eigenvalue weighted by atomic mass is 16.2. The van der Waals surface area contributed by atoms with Gasteiger partial charge in [-0.15, -0.1) is 5.10 Å². The van der Waals surface area contributed by atoms with Crippen molar-refractivity contribution in [3.8, 4) is 0 Å². The van der Waals surface area contributed by atoms with Crippen molar-refractivity contribution in [2.24, 2.45) is 0 Å². The highest BCUT2D eigenvalue weighted by Gasteiger charge is 2.25. The molecule has 2 saturated heterocycles. The van der Waals surface area contributed by atoms with Crippen LogP contribution in [0.1, 0.15) is 59.4 Å². The van der Waals surface area contributed by atoms with Gasteiger partial charge in [0, 0.05) is 6.54 Å². The second-order valence-electron chi connectivity index (χ2n) is 7.94. The number of amides is 1. The zero-order valence-corrected chi connectivity index (χ0v) is 16.6. The standard InChI is InChI=1S/C21H30N6O/c1-16-4-6-17(7-5-16)20(26-12-2-3-13-26)14-23-21(28)19-15-27(25-24-19)18-8-10-22-11-9-18/h4-7,15,18,20,22H,2-3,8-14H2,1H3,(H,23,28). The summed E-state index contributed by atoms with van der Waals surface area (Å²) in [5.74, 6) is -0.142. The molecule has 28 heavy (non-hydrogen) atoms. The van der Waals surface area contributed by atoms with E-state index in [1.807, 2.05) is 4.68 Å². The van der Waals surface area contributed by atoms with Crippen molar-refractivity contribution in [3.63, 3.8) is 0 Å². The molecule has 1 unspecified atom stereocenters. The Kier molecular flexibility index (Phi) is 6.02. The molecule has 1 aromatic heterocycles. The number of nitrogens with zero attached hydrogens (tertiary/aromatic N) is 4. The van der Waals surface area contributed by atoms with Crippen molar-refractivity contribution < 1.29 is 4.79 Å². The van der Waals surface area contributed by atoms with Gasteiger partial charge in [-0.25, -0.2) is 4.68 Å². The maximum Gasteiger partial charge on any atom is 0.273 e. The Balaban J connectivity index is 1.41. The minimum absolute atomic E-state index is 0.142. The lowest BCUT2D eigenvalue weighted by Crippen LogP contribution is -2.37. The van der Waals surface area contributed by atoms with Gasteiger partial charge in [-0.3, -0.25) is 9.69 Å². The zero-order valence-electron chi connectivity index (χ0n) is 16.6. The van der Waals surface area contributed by atoms with Crippen molar-refractivity contribution in [3.05, 3.63) is 47.3 Å². The fourth-order valence-corrected chi connectivity index (χ4v) is 4.21. The molecular formula is C21H30N6O. The van der Waals surface area contributed by atoms with Crippen LogP contribution in [0.5, 0.6) is 0 Å². The van der Waals surface area contributed by atoms with Crippen molar-refractivity contribution in [2.45, 2.75) is 44.7 Å². The topological polar surface area (TPSA) is 75.1 Å². The number of hydrogen-bond donors (Lipinski definition) is 2. The molecule has 2 aromatic rings. The first-order valence-electron chi connectivity index (χ1n) is 10.4. The molecule has 4 rings (SSSR count). The third-order valence-electron chi connectivity index (χ3n) is 5.93. The number of carbonyl (C=O) groups is 1. The molecule has 3 heterocycles. The lowest BCUT2D eigenvalue weighted by atomic mass is 10.0. The van der Waals surface area contributed by atoms with Gasteiger partial charge in [-0.05, 0) is 64.3 Å². The molecule has 2 aliphatic rings. The van der Waals surface area contributed by atoms with Gasteiger partial charge in [0.15, 0.2) is 5.69 Å². The molecular weight excluding hydrogens is 352 g/mol. The van der Waals surface area contributed by atoms with Crippen LogP contribution < -0.4 is 10.6 Å². The van der Waals surface area contributed by atoms with Crippen LogP contribution >= 0.6 is 0 Å². The molecule has 7 heteroatoms. The smallest absolute Gasteiger partial charge is 0.273 e. The van der Waals surface area contributed by atoms with E-state index in [9.17, 15) is 4.79 Å². The van der Waals surface area contributed by atoms with Crippen LogP contribution in [0.4, 0.5) is 0 Å². The van der Waals surface area contributed by atoms with E-state index < -0.39 is 0 Å². The summed E-state index contributed by atoms with van der Waals surface area (Å²) >= 11 is 0. The number of piperidine rings is 1. The summed E-state index contributed by atoms with van der Waals surface area (Å²) in [7, 11) is 0. The molecule has 0 radical (unpaired) electrons. The largest absolute Gasteiger partial charge is 0.349 e. The Morgan fingerprint density at radius 2 is 1.93 bits per heavy atom. The molecule has 1 aromatic carbocycles. The van der Waals surface area contributed by atoms with Gasteiger partial charge in [0.25, 0.3) is 5.91 Å². The van der Waals surface area contributed by atoms with Gasteiger partial charge in [0.1, 0.15) is 0 Å². The lowest BCUT2D eigenvalue weighted by molar-refractivity contribution is 0.0933. The molecule has 2 N–H and O–H groups in total. The SMILES string of the molecule is Cc1ccc(C(CNC(=O)c2cn(C3CCNCC3)nn2)N2CCCC2)cc1. The average molecular weight is 383 g/mol. The fraction of sp³-hybridized carbons (Fsp3) is 0.571. The molecule has 1 amide bonds. The molecule has 0 spiro atoms. The van der Waals surface area contributed by atoms with E-state index in [2.05, 4.69) is 57.0 Å². The van der Waals surface area contributed by atoms with Gasteiger partial charge in [-0.2, -0.15) is 0 Å². The third kappa shape index (κ3) is 4.42. The molecule has 0 saturated carbocycles. The summed E-state index contributed by atoms with van der Waals surface area (Å²) in [5.41, 5.74) is 2.91. The summed E-state index contributed by atoms with van der Waals surface area (Å²) in [5, 5.41) is 14.8. The summed E-state index contributed by atoms with van der Waals surface area (Å²) in [6.07, 6.45) is 6.29. The Morgan fingerprint density at radius 3 is 2.64 bits per heavy atom. The van der Waals surface area contributed by atoms with Crippen LogP contribution in [-0.4, -0.2) is 58.5 Å². The molecule has 150 valence electrons. The first-order valence-corrected chi connectivity index (χ1v) is 10.4. The normalized spacial score (nSPS) is 19.6. The van der Waals surface area contributed by atoms with Crippen molar-refractivity contribution in [1.29, 1.82) is 0 Å². The average Bonchev–Trinajstić information content (AvgIpc) is 3.42. The Bertz CT molecular complexity index is 774. The van der Waals surface area contributed by atoms with E-state index in [1.165, 1.54) is 24.0 Å². The Labute approximate surface area is 166 Å². The van der Waals surface area contributed by atoms with Crippen LogP contribution in [0.2, 0.25) is 0 Å². The fourth-order valence-electron chi connectivity index (χ4n) is 4.21. The van der Waals surface area contributed by atoms with Crippen LogP contribution in [0.3, 0.4) is 0 Å². The summed E-state index contributed by atoms with van der Waals surface area (Å²) < 4.78 is 1.85. The van der Waals surface area contributed by atoms with E-state index >= 15 is 0 Å². The highest BCUT2D eigenvalue weighted by molar-refractivity contribution is 5.91. The number of rotatable bonds is 6. The molecule has 0 aliphatic carbocycles. The maximum absolute atomic E-state index is 12.7. The number of carbonyl (C=O) groups excluding carboxylic acids is 1. The number of nitrogens with one attached hydrogen (secondary N) is 2. The summed E-state index contributed by atoms with van der Waals surface area (Å²) in [6.45, 7) is 6.82. The predicted molar refractivity (Wildman–Crippen MR) is 108 cm³/mol. The molecule has 2 aliphatic heterocycles. The number of aryl methyl sites for hydroxylation is 1. The van der Waals surface area contributed by atoms with E-state index in [1.54, 1.807) is 6.20 Å². The third-order valence-corrected chi connectivity index (χ3v) is 5.93. The van der Waals surface area contributed by atoms with Gasteiger partial charge in [0.05, 0.1) is 18.3 Å². The summed E-state index contributed by atoms with van der Waals surface area (Å²) in [6, 6.07) is 9.18. The highest BCUT2D eigenvalue weighted by Crippen LogP contribution is 2.25. The number of hydrogen-bond acceptors (Lipinski definition) is 5. The van der Waals surface area contributed by atoms with Gasteiger partial charge >= 0.3 is 0 Å². The number of aromatic nitrogens is 3. The van der Waals surface area contributed by atoms with Crippen LogP contribution in [-0.2, 0) is 0 Å². The zero-order chi connectivity index (χ0) is 19.3. The van der Waals surface area contributed by atoms with E-state index in [-0.39, 0.29) is 11.9 Å². The Hall–Kier alpha value is -2.25. The van der Waals surface area contributed by atoms with Crippen molar-refractivity contribution >= 4 is 5.91 Å². The molecule has 0 bridgehead atoms. The summed E-state index contributed by atoms with van der Waals surface area (Å²) in [4.78, 5) is 15.2. The monoisotopic (exact) mass is 382 g/mol. The quantitative estimate of drug-likeness (QED) is 0.800. The van der Waals surface area contributed by atoms with Crippen molar-refractivity contribution in [2.75, 3.05) is 32.7 Å². The molecule has 1 atom stereocenters. The van der Waals surface area contributed by atoms with Gasteiger partial charge in [0.2, 0.25) is 0 Å². The minimum Gasteiger partial charge on any atom is -0.349 e. The van der Waals surface area contributed by atoms with E-state index in [0.29, 0.717) is 18.3 Å². The maximum atomic E-state index is 12.7. The van der Waals surface area contributed by atoms with Crippen LogP contribution in [0.15, 0.2) is 30.5 Å². The second kappa shape index (κ2) is 8.84. The molecule has 2 fully saturated rings. The van der Waals surface area contributed by atoms with Gasteiger partial charge < -0.3 is 10.6 Å².